The molecule has 0 heterocycles. The topological polar surface area (TPSA) is 37.3 Å². The summed E-state index contributed by atoms with van der Waals surface area (Å²) >= 11 is 0. The third kappa shape index (κ3) is 2.61. The van der Waals surface area contributed by atoms with E-state index < -0.39 is 0 Å². The van der Waals surface area contributed by atoms with Crippen molar-refractivity contribution >= 4 is 5.78 Å². The molecule has 0 aliphatic heterocycles. The maximum absolute atomic E-state index is 10.7. The van der Waals surface area contributed by atoms with E-state index in [2.05, 4.69) is 0 Å². The highest BCUT2D eigenvalue weighted by Crippen LogP contribution is 2.09. The van der Waals surface area contributed by atoms with Gasteiger partial charge >= 0.3 is 0 Å². The molecule has 0 saturated carbocycles. The van der Waals surface area contributed by atoms with E-state index in [-0.39, 0.29) is 24.2 Å². The first-order chi connectivity index (χ1) is 4.09. The fourth-order valence-corrected chi connectivity index (χ4v) is 0.809. The van der Waals surface area contributed by atoms with Crippen LogP contribution < -0.4 is 0 Å². The Hall–Kier alpha value is -0.370. The predicted molar refractivity (Wildman–Crippen MR) is 36.1 cm³/mol. The molecule has 0 saturated heterocycles. The number of aliphatic hydroxyl groups is 1. The van der Waals surface area contributed by atoms with Crippen molar-refractivity contribution in [1.29, 1.82) is 0 Å². The molecular formula is C7H14O2. The lowest BCUT2D eigenvalue weighted by atomic mass is 9.93. The Morgan fingerprint density at radius 1 is 1.56 bits per heavy atom. The summed E-state index contributed by atoms with van der Waals surface area (Å²) in [5, 5.41) is 8.65. The van der Waals surface area contributed by atoms with E-state index >= 15 is 0 Å². The van der Waals surface area contributed by atoms with Crippen molar-refractivity contribution in [3.8, 4) is 0 Å². The molecule has 2 heteroatoms. The Morgan fingerprint density at radius 3 is 2.00 bits per heavy atom. The zero-order valence-electron chi connectivity index (χ0n) is 6.22. The van der Waals surface area contributed by atoms with Gasteiger partial charge in [0.05, 0.1) is 6.61 Å². The molecule has 0 bridgehead atoms. The van der Waals surface area contributed by atoms with Crippen LogP contribution in [0.15, 0.2) is 0 Å². The summed E-state index contributed by atoms with van der Waals surface area (Å²) in [5.41, 5.74) is 0. The number of hydrogen-bond donors (Lipinski definition) is 1. The Morgan fingerprint density at radius 2 is 2.00 bits per heavy atom. The zero-order chi connectivity index (χ0) is 7.44. The molecule has 0 aliphatic carbocycles. The highest BCUT2D eigenvalue weighted by atomic mass is 16.3. The molecule has 0 aliphatic rings. The second-order valence-electron chi connectivity index (χ2n) is 2.64. The first-order valence-electron chi connectivity index (χ1n) is 3.21. The molecule has 1 unspecified atom stereocenters. The van der Waals surface area contributed by atoms with Crippen molar-refractivity contribution in [2.75, 3.05) is 6.61 Å². The lowest BCUT2D eigenvalue weighted by Crippen LogP contribution is -2.21. The van der Waals surface area contributed by atoms with Gasteiger partial charge < -0.3 is 5.11 Å². The third-order valence-electron chi connectivity index (χ3n) is 1.52. The molecule has 1 N–H and O–H groups in total. The van der Waals surface area contributed by atoms with Crippen molar-refractivity contribution in [3.05, 3.63) is 0 Å². The minimum atomic E-state index is -0.162. The normalized spacial score (nSPS) is 13.9. The summed E-state index contributed by atoms with van der Waals surface area (Å²) in [6.45, 7) is 5.36. The van der Waals surface area contributed by atoms with E-state index in [1.807, 2.05) is 13.8 Å². The van der Waals surface area contributed by atoms with Crippen LogP contribution in [-0.2, 0) is 4.79 Å². The minimum Gasteiger partial charge on any atom is -0.396 e. The van der Waals surface area contributed by atoms with Crippen molar-refractivity contribution in [2.24, 2.45) is 11.8 Å². The maximum atomic E-state index is 10.7. The molecule has 9 heavy (non-hydrogen) atoms. The molecule has 0 fully saturated rings. The van der Waals surface area contributed by atoms with Crippen LogP contribution in [0.2, 0.25) is 0 Å². The van der Waals surface area contributed by atoms with E-state index in [9.17, 15) is 4.79 Å². The van der Waals surface area contributed by atoms with E-state index in [1.54, 1.807) is 0 Å². The van der Waals surface area contributed by atoms with Crippen LogP contribution in [0.5, 0.6) is 0 Å². The van der Waals surface area contributed by atoms with Crippen molar-refractivity contribution < 1.29 is 9.90 Å². The minimum absolute atomic E-state index is 0.0208. The molecule has 1 atom stereocenters. The van der Waals surface area contributed by atoms with Crippen LogP contribution in [0, 0.1) is 11.8 Å². The smallest absolute Gasteiger partial charge is 0.135 e. The molecule has 0 amide bonds. The number of carbonyl (C=O) groups is 1. The quantitative estimate of drug-likeness (QED) is 0.614. The van der Waals surface area contributed by atoms with Gasteiger partial charge in [-0.1, -0.05) is 13.8 Å². The zero-order valence-corrected chi connectivity index (χ0v) is 6.22. The monoisotopic (exact) mass is 130 g/mol. The highest BCUT2D eigenvalue weighted by Gasteiger charge is 2.15. The third-order valence-corrected chi connectivity index (χ3v) is 1.52. The fraction of sp³-hybridized carbons (Fsp3) is 0.857. The van der Waals surface area contributed by atoms with Crippen LogP contribution in [0.1, 0.15) is 20.8 Å². The van der Waals surface area contributed by atoms with Gasteiger partial charge in [-0.25, -0.2) is 0 Å². The second-order valence-corrected chi connectivity index (χ2v) is 2.64. The molecule has 0 rings (SSSR count). The maximum Gasteiger partial charge on any atom is 0.135 e. The van der Waals surface area contributed by atoms with Crippen molar-refractivity contribution in [1.82, 2.24) is 0 Å². The first-order valence-corrected chi connectivity index (χ1v) is 3.21. The summed E-state index contributed by atoms with van der Waals surface area (Å²) in [6, 6.07) is 0. The van der Waals surface area contributed by atoms with Gasteiger partial charge in [0.15, 0.2) is 0 Å². The number of Topliss-reactive ketones (excluding diaryl/α,β-unsaturated/α-hetero) is 1. The Bertz CT molecular complexity index is 97.1. The Kier molecular flexibility index (Phi) is 3.47. The molecule has 0 radical (unpaired) electrons. The molecule has 0 aromatic rings. The van der Waals surface area contributed by atoms with E-state index in [4.69, 9.17) is 5.11 Å². The Labute approximate surface area is 55.9 Å². The van der Waals surface area contributed by atoms with Gasteiger partial charge in [-0.2, -0.15) is 0 Å². The van der Waals surface area contributed by atoms with Gasteiger partial charge in [-0.3, -0.25) is 4.79 Å². The average Bonchev–Trinajstić information content (AvgIpc) is 1.64. The number of carbonyl (C=O) groups excluding carboxylic acids is 1. The molecule has 0 spiro atoms. The van der Waals surface area contributed by atoms with Gasteiger partial charge in [-0.05, 0) is 12.8 Å². The molecule has 54 valence electrons. The standard InChI is InChI=1S/C7H14O2/c1-5(2)7(4-8)6(3)9/h5,7-8H,4H2,1-3H3. The number of rotatable bonds is 3. The summed E-state index contributed by atoms with van der Waals surface area (Å²) < 4.78 is 0. The second kappa shape index (κ2) is 3.62. The molecule has 0 aromatic carbocycles. The predicted octanol–water partition coefficient (Wildman–Crippen LogP) is 0.840. The molecule has 0 aromatic heterocycles. The van der Waals surface area contributed by atoms with E-state index in [0.717, 1.165) is 0 Å². The summed E-state index contributed by atoms with van der Waals surface area (Å²) in [5.74, 6) is 0.171. The van der Waals surface area contributed by atoms with Crippen LogP contribution in [-0.4, -0.2) is 17.5 Å². The van der Waals surface area contributed by atoms with Gasteiger partial charge in [0.25, 0.3) is 0 Å². The Balaban J connectivity index is 3.83. The lowest BCUT2D eigenvalue weighted by Gasteiger charge is -2.13. The van der Waals surface area contributed by atoms with Gasteiger partial charge in [-0.15, -0.1) is 0 Å². The van der Waals surface area contributed by atoms with Gasteiger partial charge in [0.2, 0.25) is 0 Å². The van der Waals surface area contributed by atoms with Crippen molar-refractivity contribution in [2.45, 2.75) is 20.8 Å². The van der Waals surface area contributed by atoms with E-state index in [1.165, 1.54) is 6.92 Å². The van der Waals surface area contributed by atoms with Crippen LogP contribution in [0.25, 0.3) is 0 Å². The van der Waals surface area contributed by atoms with Crippen LogP contribution in [0.4, 0.5) is 0 Å². The fourth-order valence-electron chi connectivity index (χ4n) is 0.809. The van der Waals surface area contributed by atoms with Crippen LogP contribution in [0.3, 0.4) is 0 Å². The van der Waals surface area contributed by atoms with Gasteiger partial charge in [0.1, 0.15) is 5.78 Å². The highest BCUT2D eigenvalue weighted by molar-refractivity contribution is 5.78. The molecular weight excluding hydrogens is 116 g/mol. The largest absolute Gasteiger partial charge is 0.396 e. The number of aliphatic hydroxyl groups excluding tert-OH is 1. The van der Waals surface area contributed by atoms with Gasteiger partial charge in [0, 0.05) is 5.92 Å². The summed E-state index contributed by atoms with van der Waals surface area (Å²) in [4.78, 5) is 10.7. The average molecular weight is 130 g/mol. The SMILES string of the molecule is CC(=O)C(CO)C(C)C. The number of ketones is 1. The molecule has 2 nitrogen and oxygen atoms in total. The van der Waals surface area contributed by atoms with Crippen molar-refractivity contribution in [3.63, 3.8) is 0 Å². The first kappa shape index (κ1) is 8.63. The lowest BCUT2D eigenvalue weighted by molar-refractivity contribution is -0.123. The summed E-state index contributed by atoms with van der Waals surface area (Å²) in [6.07, 6.45) is 0. The van der Waals surface area contributed by atoms with Crippen LogP contribution >= 0.6 is 0 Å². The number of hydrogen-bond acceptors (Lipinski definition) is 2. The van der Waals surface area contributed by atoms with E-state index in [0.29, 0.717) is 0 Å². The summed E-state index contributed by atoms with van der Waals surface area (Å²) in [7, 11) is 0.